The van der Waals surface area contributed by atoms with Crippen LogP contribution in [-0.2, 0) is 0 Å². The van der Waals surface area contributed by atoms with Crippen molar-refractivity contribution in [2.24, 2.45) is 4.99 Å². The van der Waals surface area contributed by atoms with Crippen LogP contribution < -0.4 is 0 Å². The third kappa shape index (κ3) is 2.99. The number of amidine groups is 1. The van der Waals surface area contributed by atoms with Crippen molar-refractivity contribution in [3.05, 3.63) is 82.9 Å². The molecule has 28 heavy (non-hydrogen) atoms. The molecule has 0 amide bonds. The Morgan fingerprint density at radius 3 is 2.71 bits per heavy atom. The largest absolute Gasteiger partial charge is 0.337 e. The van der Waals surface area contributed by atoms with Crippen molar-refractivity contribution in [3.8, 4) is 5.69 Å². The summed E-state index contributed by atoms with van der Waals surface area (Å²) in [6.07, 6.45) is 5.14. The Kier molecular flexibility index (Phi) is 4.77. The molecule has 3 atom stereocenters. The third-order valence-electron chi connectivity index (χ3n) is 5.52. The molecule has 6 heteroatoms. The van der Waals surface area contributed by atoms with Crippen LogP contribution in [0.4, 0.5) is 0 Å². The van der Waals surface area contributed by atoms with Gasteiger partial charge in [-0.25, -0.2) is 0 Å². The first-order valence-corrected chi connectivity index (χ1v) is 11.4. The Morgan fingerprint density at radius 1 is 1.11 bits per heavy atom. The molecule has 3 aromatic rings. The van der Waals surface area contributed by atoms with Gasteiger partial charge in [0, 0.05) is 40.0 Å². The van der Waals surface area contributed by atoms with Crippen LogP contribution >= 0.6 is 27.7 Å². The highest BCUT2D eigenvalue weighted by molar-refractivity contribution is 9.10. The van der Waals surface area contributed by atoms with E-state index in [-0.39, 0.29) is 12.1 Å². The van der Waals surface area contributed by atoms with E-state index in [0.717, 1.165) is 33.2 Å². The van der Waals surface area contributed by atoms with E-state index in [4.69, 9.17) is 4.99 Å². The second kappa shape index (κ2) is 7.41. The van der Waals surface area contributed by atoms with E-state index in [0.29, 0.717) is 6.04 Å². The zero-order chi connectivity index (χ0) is 19.1. The van der Waals surface area contributed by atoms with E-state index in [9.17, 15) is 0 Å². The van der Waals surface area contributed by atoms with Gasteiger partial charge >= 0.3 is 0 Å². The fourth-order valence-corrected chi connectivity index (χ4v) is 5.74. The first-order valence-electron chi connectivity index (χ1n) is 9.59. The van der Waals surface area contributed by atoms with Gasteiger partial charge in [0.2, 0.25) is 0 Å². The monoisotopic (exact) mass is 452 g/mol. The van der Waals surface area contributed by atoms with Gasteiger partial charge in [0.15, 0.2) is 5.17 Å². The fourth-order valence-electron chi connectivity index (χ4n) is 4.14. The summed E-state index contributed by atoms with van der Waals surface area (Å²) in [6.45, 7) is 2.27. The minimum atomic E-state index is 0.0159. The maximum atomic E-state index is 5.13. The van der Waals surface area contributed by atoms with Crippen molar-refractivity contribution < 1.29 is 0 Å². The minimum Gasteiger partial charge on any atom is -0.337 e. The van der Waals surface area contributed by atoms with Crippen LogP contribution in [0.15, 0.2) is 76.5 Å². The van der Waals surface area contributed by atoms with Gasteiger partial charge in [-0.2, -0.15) is 0 Å². The average molecular weight is 453 g/mol. The van der Waals surface area contributed by atoms with Crippen LogP contribution in [0.1, 0.15) is 36.8 Å². The van der Waals surface area contributed by atoms with Gasteiger partial charge in [-0.05, 0) is 55.0 Å². The summed E-state index contributed by atoms with van der Waals surface area (Å²) in [5.74, 6) is 1.11. The number of aromatic nitrogens is 2. The highest BCUT2D eigenvalue weighted by Crippen LogP contribution is 2.48. The zero-order valence-corrected chi connectivity index (χ0v) is 18.0. The number of aliphatic imine (C=N–C) groups is 1. The van der Waals surface area contributed by atoms with Gasteiger partial charge < -0.3 is 9.47 Å². The SMILES string of the molecule is CC[C@@H]1CSC2=N[C@@H](c3ccccn3)[C@H](c3cccn3-c3ccc(Br)cc3)N21. The van der Waals surface area contributed by atoms with Crippen molar-refractivity contribution in [3.63, 3.8) is 0 Å². The topological polar surface area (TPSA) is 33.4 Å². The third-order valence-corrected chi connectivity index (χ3v) is 7.17. The van der Waals surface area contributed by atoms with Gasteiger partial charge in [-0.1, -0.05) is 40.7 Å². The van der Waals surface area contributed by atoms with E-state index < -0.39 is 0 Å². The summed E-state index contributed by atoms with van der Waals surface area (Å²) in [7, 11) is 0. The van der Waals surface area contributed by atoms with Crippen molar-refractivity contribution in [2.45, 2.75) is 31.5 Å². The van der Waals surface area contributed by atoms with Gasteiger partial charge in [0.05, 0.1) is 5.69 Å². The molecule has 0 spiro atoms. The number of halogens is 1. The van der Waals surface area contributed by atoms with Crippen LogP contribution in [0.2, 0.25) is 0 Å². The lowest BCUT2D eigenvalue weighted by atomic mass is 9.99. The fraction of sp³-hybridized carbons (Fsp3) is 0.273. The second-order valence-electron chi connectivity index (χ2n) is 7.12. The normalized spacial score (nSPS) is 23.7. The summed E-state index contributed by atoms with van der Waals surface area (Å²) in [5, 5.41) is 1.16. The quantitative estimate of drug-likeness (QED) is 0.515. The number of hydrogen-bond acceptors (Lipinski definition) is 4. The van der Waals surface area contributed by atoms with E-state index in [2.05, 4.69) is 92.0 Å². The molecule has 0 aliphatic carbocycles. The average Bonchev–Trinajstić information content (AvgIpc) is 3.44. The van der Waals surface area contributed by atoms with Gasteiger partial charge in [-0.3, -0.25) is 9.98 Å². The standard InChI is InChI=1S/C22H21BrN4S/c1-2-16-14-28-22-25-20(18-6-3-4-12-24-18)21(27(16)22)19-7-5-13-26(19)17-10-8-15(23)9-11-17/h3-13,16,20-21H,2,14H2,1H3/t16-,20+,21+/m1/s1. The minimum absolute atomic E-state index is 0.0159. The highest BCUT2D eigenvalue weighted by Gasteiger charge is 2.46. The molecule has 0 N–H and O–H groups in total. The van der Waals surface area contributed by atoms with E-state index in [1.807, 2.05) is 24.0 Å². The molecule has 1 aromatic carbocycles. The van der Waals surface area contributed by atoms with E-state index in [1.165, 1.54) is 5.69 Å². The lowest BCUT2D eigenvalue weighted by Crippen LogP contribution is -2.36. The molecule has 5 rings (SSSR count). The van der Waals surface area contributed by atoms with Crippen LogP contribution in [-0.4, -0.2) is 31.4 Å². The maximum absolute atomic E-state index is 5.13. The zero-order valence-electron chi connectivity index (χ0n) is 15.6. The molecule has 0 unspecified atom stereocenters. The summed E-state index contributed by atoms with van der Waals surface area (Å²) in [4.78, 5) is 12.3. The number of fused-ring (bicyclic) bond motifs is 1. The van der Waals surface area contributed by atoms with Crippen molar-refractivity contribution in [2.75, 3.05) is 5.75 Å². The van der Waals surface area contributed by atoms with Crippen LogP contribution in [0.5, 0.6) is 0 Å². The highest BCUT2D eigenvalue weighted by atomic mass is 79.9. The van der Waals surface area contributed by atoms with Gasteiger partial charge in [-0.15, -0.1) is 0 Å². The molecule has 4 nitrogen and oxygen atoms in total. The molecule has 1 saturated heterocycles. The number of thioether (sulfide) groups is 1. The van der Waals surface area contributed by atoms with Crippen LogP contribution in [0, 0.1) is 0 Å². The Bertz CT molecular complexity index is 999. The summed E-state index contributed by atoms with van der Waals surface area (Å²) in [5.41, 5.74) is 3.46. The van der Waals surface area contributed by atoms with Crippen molar-refractivity contribution >= 4 is 32.9 Å². The molecule has 142 valence electrons. The molecule has 1 fully saturated rings. The van der Waals surface area contributed by atoms with Gasteiger partial charge in [0.25, 0.3) is 0 Å². The lowest BCUT2D eigenvalue weighted by Gasteiger charge is -2.32. The maximum Gasteiger partial charge on any atom is 0.160 e. The predicted molar refractivity (Wildman–Crippen MR) is 119 cm³/mol. The summed E-state index contributed by atoms with van der Waals surface area (Å²) in [6, 6.07) is 19.7. The first kappa shape index (κ1) is 18.0. The van der Waals surface area contributed by atoms with Crippen molar-refractivity contribution in [1.82, 2.24) is 14.5 Å². The van der Waals surface area contributed by atoms with Crippen molar-refractivity contribution in [1.29, 1.82) is 0 Å². The van der Waals surface area contributed by atoms with Crippen LogP contribution in [0.3, 0.4) is 0 Å². The van der Waals surface area contributed by atoms with Crippen LogP contribution in [0.25, 0.3) is 5.69 Å². The first-order chi connectivity index (χ1) is 13.8. The molecule has 0 bridgehead atoms. The number of hydrogen-bond donors (Lipinski definition) is 0. The lowest BCUT2D eigenvalue weighted by molar-refractivity contribution is 0.249. The molecule has 0 saturated carbocycles. The molecule has 4 heterocycles. The molecule has 2 aliphatic rings. The molecular formula is C22H21BrN4S. The number of pyridine rings is 1. The predicted octanol–water partition coefficient (Wildman–Crippen LogP) is 5.61. The molecule has 2 aromatic heterocycles. The summed E-state index contributed by atoms with van der Waals surface area (Å²) < 4.78 is 3.38. The Hall–Kier alpha value is -2.05. The second-order valence-corrected chi connectivity index (χ2v) is 9.02. The van der Waals surface area contributed by atoms with E-state index >= 15 is 0 Å². The number of nitrogens with zero attached hydrogens (tertiary/aromatic N) is 4. The molecular weight excluding hydrogens is 432 g/mol. The Balaban J connectivity index is 1.62. The molecule has 2 aliphatic heterocycles. The smallest absolute Gasteiger partial charge is 0.160 e. The number of rotatable bonds is 4. The Morgan fingerprint density at radius 2 is 1.96 bits per heavy atom. The summed E-state index contributed by atoms with van der Waals surface area (Å²) >= 11 is 5.42. The van der Waals surface area contributed by atoms with Gasteiger partial charge in [0.1, 0.15) is 12.1 Å². The van der Waals surface area contributed by atoms with E-state index in [1.54, 1.807) is 0 Å². The Labute approximate surface area is 177 Å². The number of benzene rings is 1. The molecule has 0 radical (unpaired) electrons.